The number of para-hydroxylation sites is 1. The van der Waals surface area contributed by atoms with Gasteiger partial charge in [0.2, 0.25) is 0 Å². The summed E-state index contributed by atoms with van der Waals surface area (Å²) in [6.07, 6.45) is 4.34. The molecule has 0 saturated heterocycles. The van der Waals surface area contributed by atoms with Gasteiger partial charge in [-0.1, -0.05) is 25.1 Å². The average molecular weight is 338 g/mol. The molecule has 2 heterocycles. The number of hydrogen-bond donors (Lipinski definition) is 1. The molecule has 25 heavy (non-hydrogen) atoms. The van der Waals surface area contributed by atoms with Crippen LogP contribution in [-0.2, 0) is 6.54 Å². The van der Waals surface area contributed by atoms with E-state index in [1.54, 1.807) is 12.4 Å². The van der Waals surface area contributed by atoms with Crippen molar-refractivity contribution in [3.8, 4) is 16.9 Å². The number of carbonyl (C=O) groups is 1. The van der Waals surface area contributed by atoms with Crippen molar-refractivity contribution in [3.63, 3.8) is 0 Å². The normalized spacial score (nSPS) is 12.3. The highest BCUT2D eigenvalue weighted by atomic mass is 16.2. The van der Waals surface area contributed by atoms with Crippen LogP contribution >= 0.6 is 0 Å². The SMILES string of the molecule is CCC(C)NC(=O)c1cn(CC)cc2c(=O)n(-c3ccccc3)nc1-2. The Morgan fingerprint density at radius 1 is 1.20 bits per heavy atom. The molecule has 1 aromatic carbocycles. The fraction of sp³-hybridized carbons (Fsp3) is 0.316. The lowest BCUT2D eigenvalue weighted by Crippen LogP contribution is -2.32. The van der Waals surface area contributed by atoms with E-state index in [4.69, 9.17) is 0 Å². The Morgan fingerprint density at radius 2 is 1.92 bits per heavy atom. The number of rotatable bonds is 5. The van der Waals surface area contributed by atoms with Crippen LogP contribution in [0.25, 0.3) is 16.9 Å². The topological polar surface area (TPSA) is 68.9 Å². The highest BCUT2D eigenvalue weighted by Crippen LogP contribution is 2.22. The molecule has 0 bridgehead atoms. The molecule has 0 aromatic heterocycles. The second-order valence-electron chi connectivity index (χ2n) is 6.10. The predicted octanol–water partition coefficient (Wildman–Crippen LogP) is 2.69. The largest absolute Gasteiger partial charge is 0.353 e. The van der Waals surface area contributed by atoms with Crippen LogP contribution in [0, 0.1) is 0 Å². The zero-order valence-corrected chi connectivity index (χ0v) is 14.7. The Kier molecular flexibility index (Phi) is 4.70. The van der Waals surface area contributed by atoms with Crippen molar-refractivity contribution in [1.82, 2.24) is 19.7 Å². The monoisotopic (exact) mass is 338 g/mol. The Bertz CT molecular complexity index is 911. The van der Waals surface area contributed by atoms with Gasteiger partial charge in [0.25, 0.3) is 11.5 Å². The highest BCUT2D eigenvalue weighted by Gasteiger charge is 2.24. The molecule has 1 N–H and O–H groups in total. The Hall–Kier alpha value is -2.89. The maximum absolute atomic E-state index is 12.8. The highest BCUT2D eigenvalue weighted by molar-refractivity contribution is 6.00. The standard InChI is InChI=1S/C19H22N4O2/c1-4-13(3)20-18(24)15-11-22(5-2)12-16-17(15)21-23(19(16)25)14-9-7-6-8-10-14/h6-13H,4-5H2,1-3H3,(H,20,24). The minimum absolute atomic E-state index is 0.0563. The molecule has 130 valence electrons. The first-order valence-electron chi connectivity index (χ1n) is 8.54. The minimum atomic E-state index is -0.221. The Balaban J connectivity index is 2.17. The summed E-state index contributed by atoms with van der Waals surface area (Å²) in [5, 5.41) is 7.40. The maximum Gasteiger partial charge on any atom is 0.282 e. The molecule has 6 nitrogen and oxygen atoms in total. The molecule has 1 amide bonds. The van der Waals surface area contributed by atoms with Gasteiger partial charge in [0.05, 0.1) is 16.8 Å². The van der Waals surface area contributed by atoms with Crippen molar-refractivity contribution in [1.29, 1.82) is 0 Å². The third-order valence-electron chi connectivity index (χ3n) is 4.32. The molecule has 3 rings (SSSR count). The van der Waals surface area contributed by atoms with E-state index in [9.17, 15) is 9.59 Å². The van der Waals surface area contributed by atoms with Gasteiger partial charge in [0, 0.05) is 25.0 Å². The number of benzene rings is 1. The summed E-state index contributed by atoms with van der Waals surface area (Å²) < 4.78 is 3.19. The summed E-state index contributed by atoms with van der Waals surface area (Å²) in [4.78, 5) is 25.5. The van der Waals surface area contributed by atoms with Crippen LogP contribution in [0.15, 0.2) is 47.5 Å². The average Bonchev–Trinajstić information content (AvgIpc) is 2.98. The van der Waals surface area contributed by atoms with Gasteiger partial charge < -0.3 is 9.88 Å². The van der Waals surface area contributed by atoms with E-state index in [0.29, 0.717) is 29.1 Å². The number of fused-ring (bicyclic) bond motifs is 1. The van der Waals surface area contributed by atoms with Crippen molar-refractivity contribution >= 4 is 5.91 Å². The number of hydrogen-bond acceptors (Lipinski definition) is 3. The maximum atomic E-state index is 12.8. The number of amides is 1. The summed E-state index contributed by atoms with van der Waals surface area (Å²) in [5.41, 5.74) is 1.76. The molecule has 0 spiro atoms. The van der Waals surface area contributed by atoms with Gasteiger partial charge in [-0.25, -0.2) is 0 Å². The first-order chi connectivity index (χ1) is 12.0. The van der Waals surface area contributed by atoms with E-state index < -0.39 is 0 Å². The summed E-state index contributed by atoms with van der Waals surface area (Å²) in [6, 6.07) is 9.28. The first-order valence-corrected chi connectivity index (χ1v) is 8.54. The summed E-state index contributed by atoms with van der Waals surface area (Å²) in [5.74, 6) is -0.208. The molecule has 1 atom stereocenters. The van der Waals surface area contributed by atoms with Crippen LogP contribution in [0.3, 0.4) is 0 Å². The van der Waals surface area contributed by atoms with Crippen molar-refractivity contribution in [2.45, 2.75) is 39.8 Å². The van der Waals surface area contributed by atoms with E-state index >= 15 is 0 Å². The van der Waals surface area contributed by atoms with Gasteiger partial charge in [0.1, 0.15) is 5.69 Å². The molecular weight excluding hydrogens is 316 g/mol. The lowest BCUT2D eigenvalue weighted by atomic mass is 10.1. The summed E-state index contributed by atoms with van der Waals surface area (Å²) >= 11 is 0. The number of nitrogens with one attached hydrogen (secondary N) is 1. The molecule has 0 fully saturated rings. The number of nitrogens with zero attached hydrogens (tertiary/aromatic N) is 3. The van der Waals surface area contributed by atoms with Gasteiger partial charge in [-0.2, -0.15) is 9.78 Å². The fourth-order valence-electron chi connectivity index (χ4n) is 2.66. The zero-order valence-electron chi connectivity index (χ0n) is 14.7. The van der Waals surface area contributed by atoms with Crippen LogP contribution in [0.2, 0.25) is 0 Å². The second kappa shape index (κ2) is 6.93. The molecule has 0 saturated carbocycles. The van der Waals surface area contributed by atoms with Crippen molar-refractivity contribution in [2.75, 3.05) is 0 Å². The van der Waals surface area contributed by atoms with E-state index in [-0.39, 0.29) is 17.5 Å². The molecule has 6 heteroatoms. The van der Waals surface area contributed by atoms with E-state index in [2.05, 4.69) is 10.4 Å². The van der Waals surface area contributed by atoms with Crippen molar-refractivity contribution < 1.29 is 4.79 Å². The Morgan fingerprint density at radius 3 is 2.56 bits per heavy atom. The molecule has 2 aliphatic rings. The van der Waals surface area contributed by atoms with Gasteiger partial charge in [-0.3, -0.25) is 9.59 Å². The third-order valence-corrected chi connectivity index (χ3v) is 4.32. The summed E-state index contributed by atoms with van der Waals surface area (Å²) in [7, 11) is 0. The molecule has 0 radical (unpaired) electrons. The lowest BCUT2D eigenvalue weighted by Gasteiger charge is -2.14. The molecular formula is C19H22N4O2. The first kappa shape index (κ1) is 17.0. The van der Waals surface area contributed by atoms with E-state index in [1.165, 1.54) is 4.68 Å². The zero-order chi connectivity index (χ0) is 18.0. The van der Waals surface area contributed by atoms with Crippen LogP contribution < -0.4 is 10.9 Å². The van der Waals surface area contributed by atoms with Crippen LogP contribution in [0.1, 0.15) is 37.6 Å². The number of carbonyl (C=O) groups excluding carboxylic acids is 1. The molecule has 1 unspecified atom stereocenters. The van der Waals surface area contributed by atoms with Gasteiger partial charge >= 0.3 is 0 Å². The smallest absolute Gasteiger partial charge is 0.282 e. The number of aromatic nitrogens is 3. The van der Waals surface area contributed by atoms with Gasteiger partial charge in [0.15, 0.2) is 0 Å². The molecule has 2 aliphatic heterocycles. The van der Waals surface area contributed by atoms with Crippen LogP contribution in [0.5, 0.6) is 0 Å². The van der Waals surface area contributed by atoms with Crippen molar-refractivity contribution in [3.05, 3.63) is 58.6 Å². The molecule has 1 aromatic rings. The lowest BCUT2D eigenvalue weighted by molar-refractivity contribution is 0.0939. The minimum Gasteiger partial charge on any atom is -0.353 e. The Labute approximate surface area is 146 Å². The fourth-order valence-corrected chi connectivity index (χ4v) is 2.66. The van der Waals surface area contributed by atoms with Crippen LogP contribution in [-0.4, -0.2) is 26.3 Å². The van der Waals surface area contributed by atoms with E-state index in [1.807, 2.05) is 55.7 Å². The van der Waals surface area contributed by atoms with Gasteiger partial charge in [-0.15, -0.1) is 0 Å². The van der Waals surface area contributed by atoms with Crippen LogP contribution in [0.4, 0.5) is 0 Å². The number of pyridine rings is 1. The van der Waals surface area contributed by atoms with E-state index in [0.717, 1.165) is 6.42 Å². The summed E-state index contributed by atoms with van der Waals surface area (Å²) in [6.45, 7) is 6.59. The third kappa shape index (κ3) is 3.20. The molecule has 0 aliphatic carbocycles. The van der Waals surface area contributed by atoms with Gasteiger partial charge in [-0.05, 0) is 32.4 Å². The quantitative estimate of drug-likeness (QED) is 0.778. The second-order valence-corrected chi connectivity index (χ2v) is 6.10. The number of aryl methyl sites for hydroxylation is 1. The van der Waals surface area contributed by atoms with Crippen molar-refractivity contribution in [2.24, 2.45) is 0 Å². The predicted molar refractivity (Wildman–Crippen MR) is 97.3 cm³/mol.